The van der Waals surface area contributed by atoms with Crippen LogP contribution in [0.25, 0.3) is 0 Å². The summed E-state index contributed by atoms with van der Waals surface area (Å²) in [5.74, 6) is -0.224. The van der Waals surface area contributed by atoms with Crippen molar-refractivity contribution in [2.45, 2.75) is 13.8 Å². The van der Waals surface area contributed by atoms with Crippen LogP contribution >= 0.6 is 11.6 Å². The van der Waals surface area contributed by atoms with Gasteiger partial charge in [-0.05, 0) is 5.92 Å². The first-order chi connectivity index (χ1) is 6.06. The second-order valence-electron chi connectivity index (χ2n) is 3.11. The average molecular weight is 207 g/mol. The summed E-state index contributed by atoms with van der Waals surface area (Å²) >= 11 is 5.22. The Kier molecular flexibility index (Phi) is 6.32. The molecule has 0 rings (SSSR count). The van der Waals surface area contributed by atoms with E-state index in [9.17, 15) is 9.59 Å². The largest absolute Gasteiger partial charge is 0.354 e. The molecule has 0 aromatic carbocycles. The van der Waals surface area contributed by atoms with Gasteiger partial charge in [-0.2, -0.15) is 0 Å². The van der Waals surface area contributed by atoms with Crippen LogP contribution in [-0.2, 0) is 9.59 Å². The smallest absolute Gasteiger partial charge is 0.239 e. The number of carbonyl (C=O) groups is 2. The van der Waals surface area contributed by atoms with Crippen LogP contribution in [0.3, 0.4) is 0 Å². The van der Waals surface area contributed by atoms with Crippen molar-refractivity contribution in [3.63, 3.8) is 0 Å². The highest BCUT2D eigenvalue weighted by atomic mass is 35.5. The van der Waals surface area contributed by atoms with Gasteiger partial charge in [0, 0.05) is 6.54 Å². The second-order valence-corrected chi connectivity index (χ2v) is 3.38. The Morgan fingerprint density at radius 3 is 2.31 bits per heavy atom. The normalized spacial score (nSPS) is 9.85. The number of amides is 2. The predicted molar refractivity (Wildman–Crippen MR) is 51.6 cm³/mol. The molecule has 0 aromatic rings. The zero-order valence-electron chi connectivity index (χ0n) is 7.89. The number of carbonyl (C=O) groups excluding carboxylic acids is 2. The van der Waals surface area contributed by atoms with Crippen molar-refractivity contribution in [2.24, 2.45) is 5.92 Å². The molecule has 0 aliphatic heterocycles. The van der Waals surface area contributed by atoms with Crippen LogP contribution in [0.15, 0.2) is 0 Å². The van der Waals surface area contributed by atoms with Gasteiger partial charge >= 0.3 is 0 Å². The van der Waals surface area contributed by atoms with Gasteiger partial charge < -0.3 is 10.6 Å². The summed E-state index contributed by atoms with van der Waals surface area (Å²) in [7, 11) is 0. The fraction of sp³-hybridized carbons (Fsp3) is 0.750. The number of hydrogen-bond acceptors (Lipinski definition) is 2. The number of hydrogen-bond donors (Lipinski definition) is 2. The molecular formula is C8H15ClN2O2. The van der Waals surface area contributed by atoms with Crippen LogP contribution in [-0.4, -0.2) is 30.8 Å². The first kappa shape index (κ1) is 12.2. The fourth-order valence-corrected chi connectivity index (χ4v) is 0.701. The van der Waals surface area contributed by atoms with Crippen molar-refractivity contribution in [1.82, 2.24) is 10.6 Å². The minimum Gasteiger partial charge on any atom is -0.354 e. The molecule has 0 saturated carbocycles. The molecule has 0 unspecified atom stereocenters. The third-order valence-corrected chi connectivity index (χ3v) is 1.52. The highest BCUT2D eigenvalue weighted by Gasteiger charge is 2.03. The summed E-state index contributed by atoms with van der Waals surface area (Å²) in [4.78, 5) is 21.6. The molecule has 0 atom stereocenters. The van der Waals surface area contributed by atoms with Gasteiger partial charge in [0.15, 0.2) is 0 Å². The minimum absolute atomic E-state index is 0.00171. The summed E-state index contributed by atoms with van der Waals surface area (Å²) in [6.07, 6.45) is 0. The first-order valence-electron chi connectivity index (χ1n) is 4.15. The number of alkyl halides is 1. The molecule has 0 aliphatic carbocycles. The van der Waals surface area contributed by atoms with E-state index in [4.69, 9.17) is 11.6 Å². The molecule has 2 N–H and O–H groups in total. The van der Waals surface area contributed by atoms with Crippen LogP contribution in [0.5, 0.6) is 0 Å². The Balaban J connectivity index is 3.46. The van der Waals surface area contributed by atoms with Gasteiger partial charge in [-0.25, -0.2) is 0 Å². The lowest BCUT2D eigenvalue weighted by molar-refractivity contribution is -0.124. The van der Waals surface area contributed by atoms with Gasteiger partial charge in [0.2, 0.25) is 11.8 Å². The summed E-state index contributed by atoms with van der Waals surface area (Å²) in [6.45, 7) is 4.61. The summed E-state index contributed by atoms with van der Waals surface area (Å²) in [6, 6.07) is 0. The number of rotatable bonds is 5. The number of halogens is 1. The lowest BCUT2D eigenvalue weighted by atomic mass is 10.2. The van der Waals surface area contributed by atoms with Gasteiger partial charge in [0.1, 0.15) is 5.88 Å². The van der Waals surface area contributed by atoms with E-state index in [1.807, 2.05) is 13.8 Å². The van der Waals surface area contributed by atoms with E-state index in [2.05, 4.69) is 10.6 Å². The lowest BCUT2D eigenvalue weighted by Gasteiger charge is -2.07. The van der Waals surface area contributed by atoms with Crippen molar-refractivity contribution >= 4 is 23.4 Å². The van der Waals surface area contributed by atoms with Crippen LogP contribution < -0.4 is 10.6 Å². The average Bonchev–Trinajstić information content (AvgIpc) is 2.10. The maximum Gasteiger partial charge on any atom is 0.239 e. The molecule has 0 fully saturated rings. The molecule has 13 heavy (non-hydrogen) atoms. The lowest BCUT2D eigenvalue weighted by Crippen LogP contribution is -2.38. The fourth-order valence-electron chi connectivity index (χ4n) is 0.607. The van der Waals surface area contributed by atoms with Crippen LogP contribution in [0.1, 0.15) is 13.8 Å². The van der Waals surface area contributed by atoms with Crippen LogP contribution in [0.2, 0.25) is 0 Å². The molecule has 0 saturated heterocycles. The summed E-state index contributed by atoms with van der Waals surface area (Å²) in [5, 5.41) is 5.04. The molecule has 0 spiro atoms. The monoisotopic (exact) mass is 206 g/mol. The van der Waals surface area contributed by atoms with E-state index in [1.165, 1.54) is 0 Å². The Morgan fingerprint density at radius 1 is 1.23 bits per heavy atom. The molecule has 76 valence electrons. The third-order valence-electron chi connectivity index (χ3n) is 1.27. The van der Waals surface area contributed by atoms with Crippen molar-refractivity contribution in [1.29, 1.82) is 0 Å². The molecule has 2 amide bonds. The number of nitrogens with one attached hydrogen (secondary N) is 2. The van der Waals surface area contributed by atoms with Gasteiger partial charge in [0.05, 0.1) is 6.54 Å². The Bertz CT molecular complexity index is 183. The Hall–Kier alpha value is -0.770. The van der Waals surface area contributed by atoms with Crippen LogP contribution in [0.4, 0.5) is 0 Å². The highest BCUT2D eigenvalue weighted by molar-refractivity contribution is 6.27. The Labute approximate surface area is 83.0 Å². The van der Waals surface area contributed by atoms with E-state index in [0.29, 0.717) is 12.5 Å². The molecule has 0 radical (unpaired) electrons. The molecule has 0 aromatic heterocycles. The molecule has 5 heteroatoms. The maximum absolute atomic E-state index is 11.0. The van der Waals surface area contributed by atoms with Gasteiger partial charge in [0.25, 0.3) is 0 Å². The van der Waals surface area contributed by atoms with E-state index in [0.717, 1.165) is 0 Å². The van der Waals surface area contributed by atoms with Crippen molar-refractivity contribution in [3.8, 4) is 0 Å². The first-order valence-corrected chi connectivity index (χ1v) is 4.69. The van der Waals surface area contributed by atoms with E-state index in [1.54, 1.807) is 0 Å². The van der Waals surface area contributed by atoms with Crippen molar-refractivity contribution < 1.29 is 9.59 Å². The molecular weight excluding hydrogens is 192 g/mol. The van der Waals surface area contributed by atoms with Gasteiger partial charge in [-0.15, -0.1) is 11.6 Å². The zero-order chi connectivity index (χ0) is 10.3. The predicted octanol–water partition coefficient (Wildman–Crippen LogP) is 0.114. The summed E-state index contributed by atoms with van der Waals surface area (Å²) < 4.78 is 0. The van der Waals surface area contributed by atoms with E-state index in [-0.39, 0.29) is 24.2 Å². The molecule has 0 heterocycles. The van der Waals surface area contributed by atoms with Crippen molar-refractivity contribution in [2.75, 3.05) is 19.0 Å². The SMILES string of the molecule is CC(C)CNC(=O)CNC(=O)CCl. The van der Waals surface area contributed by atoms with Crippen molar-refractivity contribution in [3.05, 3.63) is 0 Å². The topological polar surface area (TPSA) is 58.2 Å². The minimum atomic E-state index is -0.332. The summed E-state index contributed by atoms with van der Waals surface area (Å²) in [5.41, 5.74) is 0. The molecule has 4 nitrogen and oxygen atoms in total. The Morgan fingerprint density at radius 2 is 1.85 bits per heavy atom. The molecule has 0 bridgehead atoms. The maximum atomic E-state index is 11.0. The van der Waals surface area contributed by atoms with E-state index >= 15 is 0 Å². The molecule has 0 aliphatic rings. The van der Waals surface area contributed by atoms with Crippen LogP contribution in [0, 0.1) is 5.92 Å². The van der Waals surface area contributed by atoms with Gasteiger partial charge in [-0.3, -0.25) is 9.59 Å². The van der Waals surface area contributed by atoms with Gasteiger partial charge in [-0.1, -0.05) is 13.8 Å². The quantitative estimate of drug-likeness (QED) is 0.628. The standard InChI is InChI=1S/C8H15ClN2O2/c1-6(2)4-10-8(13)5-11-7(12)3-9/h6H,3-5H2,1-2H3,(H,10,13)(H,11,12). The third kappa shape index (κ3) is 7.59. The highest BCUT2D eigenvalue weighted by Crippen LogP contribution is 1.86. The van der Waals surface area contributed by atoms with E-state index < -0.39 is 0 Å². The zero-order valence-corrected chi connectivity index (χ0v) is 8.65. The second kappa shape index (κ2) is 6.71.